The second kappa shape index (κ2) is 9.68. The van der Waals surface area contributed by atoms with Gasteiger partial charge in [0.2, 0.25) is 0 Å². The normalized spacial score (nSPS) is 17.2. The first kappa shape index (κ1) is 23.9. The topological polar surface area (TPSA) is 135 Å². The lowest BCUT2D eigenvalue weighted by atomic mass is 9.82. The maximum Gasteiger partial charge on any atom is 0.254 e. The number of hydrogen-bond donors (Lipinski definition) is 2. The van der Waals surface area contributed by atoms with Crippen molar-refractivity contribution in [3.8, 4) is 23.1 Å². The minimum atomic E-state index is -0.601. The van der Waals surface area contributed by atoms with Gasteiger partial charge in [0, 0.05) is 44.6 Å². The molecule has 10 heteroatoms. The maximum atomic E-state index is 12.8. The molecule has 0 unspecified atom stereocenters. The maximum absolute atomic E-state index is 12.8. The van der Waals surface area contributed by atoms with Gasteiger partial charge in [-0.15, -0.1) is 0 Å². The van der Waals surface area contributed by atoms with Crippen molar-refractivity contribution >= 4 is 11.7 Å². The number of aromatic nitrogens is 4. The van der Waals surface area contributed by atoms with Crippen LogP contribution in [0.5, 0.6) is 0 Å². The van der Waals surface area contributed by atoms with Crippen LogP contribution in [0.15, 0.2) is 30.7 Å². The zero-order valence-electron chi connectivity index (χ0n) is 20.6. The van der Waals surface area contributed by atoms with Gasteiger partial charge in [0.05, 0.1) is 35.1 Å². The highest BCUT2D eigenvalue weighted by molar-refractivity contribution is 5.93. The average Bonchev–Trinajstić information content (AvgIpc) is 3.38. The molecule has 0 saturated carbocycles. The number of fused-ring (bicyclic) bond motifs is 1. The largest absolute Gasteiger partial charge is 0.381 e. The van der Waals surface area contributed by atoms with E-state index in [1.54, 1.807) is 12.4 Å². The quantitative estimate of drug-likeness (QED) is 0.561. The van der Waals surface area contributed by atoms with Crippen LogP contribution in [0.2, 0.25) is 0 Å². The monoisotopic (exact) mass is 486 g/mol. The second-order valence-corrected chi connectivity index (χ2v) is 9.74. The Kier molecular flexibility index (Phi) is 6.43. The van der Waals surface area contributed by atoms with Gasteiger partial charge in [0.1, 0.15) is 0 Å². The molecule has 3 aromatic rings. The lowest BCUT2D eigenvalue weighted by Crippen LogP contribution is -2.40. The summed E-state index contributed by atoms with van der Waals surface area (Å²) < 4.78 is 6.82. The third-order valence-electron chi connectivity index (χ3n) is 7.16. The van der Waals surface area contributed by atoms with Crippen LogP contribution in [-0.2, 0) is 17.7 Å². The van der Waals surface area contributed by atoms with Crippen LogP contribution in [0.4, 0.5) is 5.82 Å². The Labute approximate surface area is 210 Å². The zero-order valence-corrected chi connectivity index (χ0v) is 20.6. The number of nitrogens with one attached hydrogen (secondary N) is 1. The van der Waals surface area contributed by atoms with Crippen LogP contribution in [0.1, 0.15) is 39.9 Å². The first-order valence-electron chi connectivity index (χ1n) is 12.1. The molecule has 1 amide bonds. The fraction of sp³-hybridized carbons (Fsp3) is 0.423. The van der Waals surface area contributed by atoms with E-state index in [0.717, 1.165) is 25.1 Å². The molecule has 0 bridgehead atoms. The van der Waals surface area contributed by atoms with E-state index >= 15 is 0 Å². The molecule has 0 atom stereocenters. The minimum absolute atomic E-state index is 0.217. The molecule has 2 aromatic heterocycles. The fourth-order valence-electron chi connectivity index (χ4n) is 4.90. The van der Waals surface area contributed by atoms with E-state index in [4.69, 9.17) is 15.5 Å². The molecule has 1 aromatic carbocycles. The van der Waals surface area contributed by atoms with Crippen molar-refractivity contribution < 1.29 is 9.53 Å². The Morgan fingerprint density at radius 1 is 1.31 bits per heavy atom. The third-order valence-corrected chi connectivity index (χ3v) is 7.16. The minimum Gasteiger partial charge on any atom is -0.381 e. The molecule has 0 radical (unpaired) electrons. The number of nitrogens with zero attached hydrogens (tertiary/aromatic N) is 6. The Morgan fingerprint density at radius 3 is 2.89 bits per heavy atom. The van der Waals surface area contributed by atoms with Gasteiger partial charge >= 0.3 is 0 Å². The molecule has 2 aliphatic rings. The smallest absolute Gasteiger partial charge is 0.254 e. The number of nitriles is 1. The molecular weight excluding hydrogens is 456 g/mol. The molecule has 0 spiro atoms. The van der Waals surface area contributed by atoms with E-state index in [9.17, 15) is 10.1 Å². The van der Waals surface area contributed by atoms with E-state index in [-0.39, 0.29) is 18.3 Å². The zero-order chi connectivity index (χ0) is 25.3. The van der Waals surface area contributed by atoms with Crippen molar-refractivity contribution in [2.24, 2.45) is 5.41 Å². The van der Waals surface area contributed by atoms with E-state index in [1.807, 2.05) is 0 Å². The van der Waals surface area contributed by atoms with Crippen LogP contribution in [0.25, 0.3) is 17.1 Å². The summed E-state index contributed by atoms with van der Waals surface area (Å²) in [6.45, 7) is 5.40. The summed E-state index contributed by atoms with van der Waals surface area (Å²) in [6.07, 6.45) is 6.94. The Balaban J connectivity index is 1.37. The van der Waals surface area contributed by atoms with Crippen molar-refractivity contribution in [1.82, 2.24) is 30.0 Å². The summed E-state index contributed by atoms with van der Waals surface area (Å²) in [6, 6.07) is 6.67. The molecule has 5 rings (SSSR count). The first-order valence-corrected chi connectivity index (χ1v) is 12.1. The van der Waals surface area contributed by atoms with Gasteiger partial charge in [-0.25, -0.2) is 14.6 Å². The number of carbonyl (C=O) groups excluding carboxylic acids is 1. The predicted molar refractivity (Wildman–Crippen MR) is 134 cm³/mol. The lowest BCUT2D eigenvalue weighted by molar-refractivity contribution is 0.0397. The predicted octanol–water partition coefficient (Wildman–Crippen LogP) is 2.26. The second-order valence-electron chi connectivity index (χ2n) is 9.74. The van der Waals surface area contributed by atoms with Gasteiger partial charge in [-0.3, -0.25) is 4.79 Å². The highest BCUT2D eigenvalue weighted by Crippen LogP contribution is 2.30. The summed E-state index contributed by atoms with van der Waals surface area (Å²) in [4.78, 5) is 24.2. The number of likely N-dealkylation sites (N-methyl/N-ethyl adjacent to an activating group) is 1. The molecule has 3 N–H and O–H groups in total. The van der Waals surface area contributed by atoms with Gasteiger partial charge in [0.25, 0.3) is 5.91 Å². The number of hydrogen-bond acceptors (Lipinski definition) is 8. The number of rotatable bonds is 5. The number of amides is 1. The molecule has 186 valence electrons. The number of ether oxygens (including phenoxy) is 1. The molecular formula is C26H30N8O2. The SMILES string of the molecule is Cc1cc(-c2cnc(N)c(-n3cc(C(=O)NCC4(C#N)CCOCC4)cn3)n2)cc2c1CCN(C)C2. The molecule has 1 fully saturated rings. The van der Waals surface area contributed by atoms with E-state index in [0.29, 0.717) is 43.1 Å². The average molecular weight is 487 g/mol. The van der Waals surface area contributed by atoms with Crippen molar-refractivity contribution in [1.29, 1.82) is 5.26 Å². The molecule has 2 aliphatic heterocycles. The third kappa shape index (κ3) is 4.67. The summed E-state index contributed by atoms with van der Waals surface area (Å²) >= 11 is 0. The van der Waals surface area contributed by atoms with Gasteiger partial charge < -0.3 is 20.7 Å². The van der Waals surface area contributed by atoms with Gasteiger partial charge in [-0.2, -0.15) is 10.4 Å². The Hall–Kier alpha value is -3.81. The number of benzene rings is 1. The standard InChI is InChI=1S/C26H30N8O2/c1-17-9-18(10-19-13-33(2)6-3-21(17)19)22-12-29-23(28)24(32-22)34-14-20(11-31-34)25(35)30-16-26(15-27)4-7-36-8-5-26/h9-12,14H,3-8,13,16H2,1-2H3,(H2,28,29)(H,30,35). The Bertz CT molecular complexity index is 1340. The molecule has 1 saturated heterocycles. The number of nitrogens with two attached hydrogens (primary N) is 1. The summed E-state index contributed by atoms with van der Waals surface area (Å²) in [5, 5.41) is 16.8. The van der Waals surface area contributed by atoms with Crippen LogP contribution < -0.4 is 11.1 Å². The number of nitrogen functional groups attached to an aromatic ring is 1. The van der Waals surface area contributed by atoms with E-state index in [2.05, 4.69) is 52.5 Å². The Morgan fingerprint density at radius 2 is 2.11 bits per heavy atom. The van der Waals surface area contributed by atoms with Crippen molar-refractivity contribution in [2.75, 3.05) is 39.1 Å². The molecule has 4 heterocycles. The van der Waals surface area contributed by atoms with Crippen LogP contribution >= 0.6 is 0 Å². The van der Waals surface area contributed by atoms with E-state index < -0.39 is 5.41 Å². The summed E-state index contributed by atoms with van der Waals surface area (Å²) in [5.74, 6) is 0.269. The van der Waals surface area contributed by atoms with Gasteiger partial charge in [-0.05, 0) is 62.1 Å². The fourth-order valence-corrected chi connectivity index (χ4v) is 4.90. The summed E-state index contributed by atoms with van der Waals surface area (Å²) in [5.41, 5.74) is 11.5. The highest BCUT2D eigenvalue weighted by atomic mass is 16.5. The molecule has 36 heavy (non-hydrogen) atoms. The highest BCUT2D eigenvalue weighted by Gasteiger charge is 2.33. The van der Waals surface area contributed by atoms with Crippen molar-refractivity contribution in [3.05, 3.63) is 53.0 Å². The van der Waals surface area contributed by atoms with E-state index in [1.165, 1.54) is 27.6 Å². The number of anilines is 1. The van der Waals surface area contributed by atoms with Gasteiger partial charge in [-0.1, -0.05) is 0 Å². The van der Waals surface area contributed by atoms with Gasteiger partial charge in [0.15, 0.2) is 11.6 Å². The number of carbonyl (C=O) groups is 1. The molecule has 0 aliphatic carbocycles. The summed E-state index contributed by atoms with van der Waals surface area (Å²) in [7, 11) is 2.13. The van der Waals surface area contributed by atoms with Crippen molar-refractivity contribution in [2.45, 2.75) is 32.7 Å². The molecule has 10 nitrogen and oxygen atoms in total. The first-order chi connectivity index (χ1) is 17.4. The van der Waals surface area contributed by atoms with Crippen LogP contribution in [-0.4, -0.2) is 63.9 Å². The lowest BCUT2D eigenvalue weighted by Gasteiger charge is -2.30. The number of aryl methyl sites for hydroxylation is 1. The van der Waals surface area contributed by atoms with Crippen LogP contribution in [0.3, 0.4) is 0 Å². The van der Waals surface area contributed by atoms with Crippen LogP contribution in [0, 0.1) is 23.7 Å². The van der Waals surface area contributed by atoms with Crippen molar-refractivity contribution in [3.63, 3.8) is 0 Å².